The Bertz CT molecular complexity index is 433. The van der Waals surface area contributed by atoms with E-state index in [1.165, 1.54) is 25.0 Å². The van der Waals surface area contributed by atoms with Gasteiger partial charge in [0.05, 0.1) is 6.04 Å². The van der Waals surface area contributed by atoms with Crippen molar-refractivity contribution >= 4 is 5.91 Å². The van der Waals surface area contributed by atoms with E-state index in [2.05, 4.69) is 34.8 Å². The van der Waals surface area contributed by atoms with Crippen LogP contribution in [0.15, 0.2) is 18.3 Å². The van der Waals surface area contributed by atoms with Crippen molar-refractivity contribution in [3.8, 4) is 0 Å². The van der Waals surface area contributed by atoms with E-state index in [0.29, 0.717) is 17.9 Å². The summed E-state index contributed by atoms with van der Waals surface area (Å²) < 4.78 is 2.17. The van der Waals surface area contributed by atoms with Crippen LogP contribution >= 0.6 is 0 Å². The molecule has 3 nitrogen and oxygen atoms in total. The van der Waals surface area contributed by atoms with Crippen LogP contribution in [0.3, 0.4) is 0 Å². The van der Waals surface area contributed by atoms with Crippen molar-refractivity contribution in [1.82, 2.24) is 9.47 Å². The fourth-order valence-corrected chi connectivity index (χ4v) is 3.06. The summed E-state index contributed by atoms with van der Waals surface area (Å²) in [5, 5.41) is 0. The van der Waals surface area contributed by atoms with Crippen LogP contribution in [0, 0.1) is 5.92 Å². The molecule has 98 valence electrons. The van der Waals surface area contributed by atoms with Crippen LogP contribution in [-0.4, -0.2) is 21.9 Å². The first-order valence-corrected chi connectivity index (χ1v) is 7.19. The van der Waals surface area contributed by atoms with Crippen LogP contribution in [-0.2, 0) is 11.8 Å². The minimum absolute atomic E-state index is 0.306. The summed E-state index contributed by atoms with van der Waals surface area (Å²) in [6, 6.07) is 4.56. The molecule has 1 aromatic rings. The molecule has 1 aromatic heterocycles. The predicted molar refractivity (Wildman–Crippen MR) is 71.1 cm³/mol. The first-order chi connectivity index (χ1) is 8.77. The lowest BCUT2D eigenvalue weighted by molar-refractivity contribution is -0.135. The molecule has 0 aromatic carbocycles. The van der Waals surface area contributed by atoms with E-state index in [9.17, 15) is 4.79 Å². The van der Waals surface area contributed by atoms with E-state index in [-0.39, 0.29) is 0 Å². The second-order valence-corrected chi connectivity index (χ2v) is 5.71. The summed E-state index contributed by atoms with van der Waals surface area (Å²) in [7, 11) is 2.08. The van der Waals surface area contributed by atoms with Crippen LogP contribution < -0.4 is 0 Å². The van der Waals surface area contributed by atoms with Crippen LogP contribution in [0.4, 0.5) is 0 Å². The zero-order chi connectivity index (χ0) is 12.5. The third-order valence-corrected chi connectivity index (χ3v) is 4.29. The van der Waals surface area contributed by atoms with E-state index >= 15 is 0 Å². The molecule has 1 saturated carbocycles. The highest BCUT2D eigenvalue weighted by atomic mass is 16.2. The summed E-state index contributed by atoms with van der Waals surface area (Å²) in [6.07, 6.45) is 9.08. The molecule has 1 saturated heterocycles. The van der Waals surface area contributed by atoms with Crippen molar-refractivity contribution in [2.24, 2.45) is 13.0 Å². The Morgan fingerprint density at radius 1 is 1.22 bits per heavy atom. The zero-order valence-electron chi connectivity index (χ0n) is 11.1. The Balaban J connectivity index is 1.86. The fourth-order valence-electron chi connectivity index (χ4n) is 3.06. The number of carbonyl (C=O) groups is 1. The third-order valence-electron chi connectivity index (χ3n) is 4.29. The van der Waals surface area contributed by atoms with Crippen molar-refractivity contribution in [3.63, 3.8) is 0 Å². The number of hydrogen-bond acceptors (Lipinski definition) is 1. The van der Waals surface area contributed by atoms with Crippen molar-refractivity contribution in [2.45, 2.75) is 44.6 Å². The van der Waals surface area contributed by atoms with E-state index < -0.39 is 0 Å². The van der Waals surface area contributed by atoms with Gasteiger partial charge in [-0.3, -0.25) is 4.79 Å². The Labute approximate surface area is 109 Å². The number of nitrogens with zero attached hydrogens (tertiary/aromatic N) is 2. The molecule has 3 heteroatoms. The molecular formula is C15H22N2O. The quantitative estimate of drug-likeness (QED) is 0.787. The molecule has 0 N–H and O–H groups in total. The highest BCUT2D eigenvalue weighted by molar-refractivity contribution is 5.81. The molecule has 2 heterocycles. The Hall–Kier alpha value is -1.25. The first kappa shape index (κ1) is 11.8. The van der Waals surface area contributed by atoms with E-state index in [1.807, 2.05) is 0 Å². The van der Waals surface area contributed by atoms with Crippen molar-refractivity contribution in [3.05, 3.63) is 24.0 Å². The number of rotatable bonds is 2. The summed E-state index contributed by atoms with van der Waals surface area (Å²) in [4.78, 5) is 14.6. The molecule has 2 fully saturated rings. The summed E-state index contributed by atoms with van der Waals surface area (Å²) in [6.45, 7) is 0.950. The number of amides is 1. The number of likely N-dealkylation sites (tertiary alicyclic amines) is 1. The second kappa shape index (κ2) is 4.79. The van der Waals surface area contributed by atoms with Crippen LogP contribution in [0.25, 0.3) is 0 Å². The molecule has 1 unspecified atom stereocenters. The molecule has 1 aliphatic carbocycles. The standard InChI is InChI=1S/C15H22N2O/c1-16-10-5-7-13(16)14-6-3-2-4-11-17(14)15(18)12-8-9-12/h5,7,10,12,14H,2-4,6,8-9,11H2,1H3. The van der Waals surface area contributed by atoms with Gasteiger partial charge in [-0.15, -0.1) is 0 Å². The minimum Gasteiger partial charge on any atom is -0.353 e. The predicted octanol–water partition coefficient (Wildman–Crippen LogP) is 2.88. The summed E-state index contributed by atoms with van der Waals surface area (Å²) >= 11 is 0. The Kier molecular flexibility index (Phi) is 3.14. The van der Waals surface area contributed by atoms with Gasteiger partial charge in [-0.1, -0.05) is 12.8 Å². The summed E-state index contributed by atoms with van der Waals surface area (Å²) in [5.41, 5.74) is 1.30. The monoisotopic (exact) mass is 246 g/mol. The number of aromatic nitrogens is 1. The lowest BCUT2D eigenvalue weighted by Gasteiger charge is -2.30. The Morgan fingerprint density at radius 3 is 2.72 bits per heavy atom. The van der Waals surface area contributed by atoms with Gasteiger partial charge >= 0.3 is 0 Å². The van der Waals surface area contributed by atoms with Gasteiger partial charge < -0.3 is 9.47 Å². The minimum atomic E-state index is 0.306. The lowest BCUT2D eigenvalue weighted by atomic mass is 10.1. The van der Waals surface area contributed by atoms with Crippen LogP contribution in [0.1, 0.15) is 50.3 Å². The average Bonchev–Trinajstić information content (AvgIpc) is 3.16. The van der Waals surface area contributed by atoms with Crippen LogP contribution in [0.5, 0.6) is 0 Å². The van der Waals surface area contributed by atoms with Gasteiger partial charge in [-0.2, -0.15) is 0 Å². The van der Waals surface area contributed by atoms with Crippen molar-refractivity contribution in [1.29, 1.82) is 0 Å². The largest absolute Gasteiger partial charge is 0.353 e. The molecular weight excluding hydrogens is 224 g/mol. The van der Waals surface area contributed by atoms with Gasteiger partial charge in [0.2, 0.25) is 5.91 Å². The van der Waals surface area contributed by atoms with Gasteiger partial charge in [0.25, 0.3) is 0 Å². The SMILES string of the molecule is Cn1cccc1C1CCCCCN1C(=O)C1CC1. The molecule has 3 rings (SSSR count). The van der Waals surface area contributed by atoms with Gasteiger partial charge in [-0.05, 0) is 37.8 Å². The molecule has 1 atom stereocenters. The summed E-state index contributed by atoms with van der Waals surface area (Å²) in [5.74, 6) is 0.744. The average molecular weight is 246 g/mol. The smallest absolute Gasteiger partial charge is 0.226 e. The van der Waals surface area contributed by atoms with Crippen molar-refractivity contribution in [2.75, 3.05) is 6.54 Å². The second-order valence-electron chi connectivity index (χ2n) is 5.71. The molecule has 1 aliphatic heterocycles. The third kappa shape index (κ3) is 2.18. The van der Waals surface area contributed by atoms with Crippen LogP contribution in [0.2, 0.25) is 0 Å². The van der Waals surface area contributed by atoms with E-state index in [4.69, 9.17) is 0 Å². The number of hydrogen-bond donors (Lipinski definition) is 0. The van der Waals surface area contributed by atoms with Gasteiger partial charge in [0.1, 0.15) is 0 Å². The topological polar surface area (TPSA) is 25.2 Å². The van der Waals surface area contributed by atoms with Gasteiger partial charge in [-0.25, -0.2) is 0 Å². The first-order valence-electron chi connectivity index (χ1n) is 7.19. The molecule has 18 heavy (non-hydrogen) atoms. The molecule has 2 aliphatic rings. The maximum atomic E-state index is 12.4. The highest BCUT2D eigenvalue weighted by Gasteiger charge is 2.37. The van der Waals surface area contributed by atoms with Crippen molar-refractivity contribution < 1.29 is 4.79 Å². The maximum Gasteiger partial charge on any atom is 0.226 e. The van der Waals surface area contributed by atoms with Gasteiger partial charge in [0, 0.05) is 31.4 Å². The maximum absolute atomic E-state index is 12.4. The molecule has 0 bridgehead atoms. The lowest BCUT2D eigenvalue weighted by Crippen LogP contribution is -2.36. The van der Waals surface area contributed by atoms with E-state index in [0.717, 1.165) is 25.8 Å². The number of aryl methyl sites for hydroxylation is 1. The molecule has 0 spiro atoms. The highest BCUT2D eigenvalue weighted by Crippen LogP contribution is 2.37. The Morgan fingerprint density at radius 2 is 2.06 bits per heavy atom. The van der Waals surface area contributed by atoms with E-state index in [1.54, 1.807) is 0 Å². The fraction of sp³-hybridized carbons (Fsp3) is 0.667. The zero-order valence-corrected chi connectivity index (χ0v) is 11.1. The van der Waals surface area contributed by atoms with Gasteiger partial charge in [0.15, 0.2) is 0 Å². The number of carbonyl (C=O) groups excluding carboxylic acids is 1. The molecule has 1 amide bonds. The normalized spacial score (nSPS) is 24.9. The molecule has 0 radical (unpaired) electrons.